The van der Waals surface area contributed by atoms with Gasteiger partial charge in [0.1, 0.15) is 11.6 Å². The molecule has 1 aromatic carbocycles. The number of hydrogen-bond acceptors (Lipinski definition) is 6. The second-order valence-electron chi connectivity index (χ2n) is 9.14. The third-order valence-corrected chi connectivity index (χ3v) is 6.05. The van der Waals surface area contributed by atoms with E-state index >= 15 is 0 Å². The average Bonchev–Trinajstić information content (AvgIpc) is 2.81. The van der Waals surface area contributed by atoms with E-state index in [1.165, 1.54) is 6.07 Å². The Labute approximate surface area is 200 Å². The van der Waals surface area contributed by atoms with E-state index in [0.29, 0.717) is 37.5 Å². The summed E-state index contributed by atoms with van der Waals surface area (Å²) in [6, 6.07) is 8.72. The highest BCUT2D eigenvalue weighted by atomic mass is 19.1. The summed E-state index contributed by atoms with van der Waals surface area (Å²) in [6.07, 6.45) is 2.08. The summed E-state index contributed by atoms with van der Waals surface area (Å²) in [5.41, 5.74) is 2.18. The highest BCUT2D eigenvalue weighted by molar-refractivity contribution is 5.73. The number of pyridine rings is 1. The van der Waals surface area contributed by atoms with Crippen LogP contribution in [0.1, 0.15) is 31.9 Å². The minimum Gasteiger partial charge on any atom is -0.375 e. The van der Waals surface area contributed by atoms with Crippen LogP contribution in [0, 0.1) is 5.82 Å². The zero-order chi connectivity index (χ0) is 24.1. The molecule has 4 rings (SSSR count). The fraction of sp³-hybridized carbons (Fsp3) is 0.520. The van der Waals surface area contributed by atoms with Crippen molar-refractivity contribution in [1.29, 1.82) is 0 Å². The number of anilines is 2. The minimum absolute atomic E-state index is 0.0580. The zero-order valence-corrected chi connectivity index (χ0v) is 20.1. The lowest BCUT2D eigenvalue weighted by molar-refractivity contribution is -0.00539. The smallest absolute Gasteiger partial charge is 0.315 e. The lowest BCUT2D eigenvalue weighted by Crippen LogP contribution is -2.45. The van der Waals surface area contributed by atoms with Crippen LogP contribution < -0.4 is 20.4 Å². The number of aromatic nitrogens is 1. The molecule has 2 fully saturated rings. The molecule has 0 bridgehead atoms. The fourth-order valence-corrected chi connectivity index (χ4v) is 4.45. The van der Waals surface area contributed by atoms with Gasteiger partial charge in [0, 0.05) is 45.5 Å². The van der Waals surface area contributed by atoms with Gasteiger partial charge in [0.05, 0.1) is 30.6 Å². The molecule has 0 radical (unpaired) electrons. The van der Waals surface area contributed by atoms with E-state index in [-0.39, 0.29) is 36.7 Å². The molecule has 3 heterocycles. The van der Waals surface area contributed by atoms with E-state index in [0.717, 1.165) is 24.5 Å². The van der Waals surface area contributed by atoms with Gasteiger partial charge in [-0.2, -0.15) is 0 Å². The van der Waals surface area contributed by atoms with E-state index in [2.05, 4.69) is 27.4 Å². The van der Waals surface area contributed by atoms with Crippen LogP contribution >= 0.6 is 0 Å². The van der Waals surface area contributed by atoms with Crippen molar-refractivity contribution < 1.29 is 18.7 Å². The molecular weight excluding hydrogens is 437 g/mol. The lowest BCUT2D eigenvalue weighted by Gasteiger charge is -2.37. The van der Waals surface area contributed by atoms with Gasteiger partial charge in [-0.3, -0.25) is 0 Å². The van der Waals surface area contributed by atoms with Crippen LogP contribution in [0.4, 0.5) is 20.7 Å². The SMILES string of the molecule is CC1CN(c2ccc(CNC(=O)NCc3ccc(N4CC(C)OC(C)C4)c(F)c3)cn2)CCO1. The monoisotopic (exact) mass is 471 g/mol. The molecule has 3 atom stereocenters. The maximum atomic E-state index is 14.7. The van der Waals surface area contributed by atoms with Crippen LogP contribution in [-0.4, -0.2) is 62.1 Å². The molecule has 0 aliphatic carbocycles. The summed E-state index contributed by atoms with van der Waals surface area (Å²) in [5.74, 6) is 0.622. The van der Waals surface area contributed by atoms with E-state index < -0.39 is 0 Å². The molecule has 1 aromatic heterocycles. The number of ether oxygens (including phenoxy) is 2. The Kier molecular flexibility index (Phi) is 7.84. The van der Waals surface area contributed by atoms with Crippen molar-refractivity contribution in [3.63, 3.8) is 0 Å². The van der Waals surface area contributed by atoms with Crippen molar-refractivity contribution >= 4 is 17.5 Å². The van der Waals surface area contributed by atoms with Crippen LogP contribution in [0.15, 0.2) is 36.5 Å². The average molecular weight is 472 g/mol. The topological polar surface area (TPSA) is 79.0 Å². The molecule has 2 amide bonds. The maximum Gasteiger partial charge on any atom is 0.315 e. The van der Waals surface area contributed by atoms with Gasteiger partial charge in [-0.25, -0.2) is 14.2 Å². The molecule has 8 nitrogen and oxygen atoms in total. The summed E-state index contributed by atoms with van der Waals surface area (Å²) in [7, 11) is 0. The van der Waals surface area contributed by atoms with Gasteiger partial charge in [0.2, 0.25) is 0 Å². The highest BCUT2D eigenvalue weighted by Crippen LogP contribution is 2.24. The Balaban J connectivity index is 1.23. The number of urea groups is 1. The fourth-order valence-electron chi connectivity index (χ4n) is 4.45. The number of nitrogens with one attached hydrogen (secondary N) is 2. The summed E-state index contributed by atoms with van der Waals surface area (Å²) in [5, 5.41) is 5.61. The second kappa shape index (κ2) is 11.0. The Morgan fingerprint density at radius 3 is 2.32 bits per heavy atom. The van der Waals surface area contributed by atoms with Crippen molar-refractivity contribution in [2.24, 2.45) is 0 Å². The molecule has 2 aromatic rings. The third kappa shape index (κ3) is 6.36. The number of halogens is 1. The van der Waals surface area contributed by atoms with Gasteiger partial charge in [-0.05, 0) is 50.1 Å². The first-order valence-corrected chi connectivity index (χ1v) is 11.9. The normalized spacial score (nSPS) is 23.0. The Morgan fingerprint density at radius 1 is 1.00 bits per heavy atom. The summed E-state index contributed by atoms with van der Waals surface area (Å²) >= 11 is 0. The van der Waals surface area contributed by atoms with Crippen LogP contribution in [0.5, 0.6) is 0 Å². The van der Waals surface area contributed by atoms with Crippen molar-refractivity contribution in [2.75, 3.05) is 42.6 Å². The predicted molar refractivity (Wildman–Crippen MR) is 130 cm³/mol. The van der Waals surface area contributed by atoms with Gasteiger partial charge >= 0.3 is 6.03 Å². The largest absolute Gasteiger partial charge is 0.375 e. The molecule has 2 saturated heterocycles. The van der Waals surface area contributed by atoms with E-state index in [9.17, 15) is 9.18 Å². The lowest BCUT2D eigenvalue weighted by atomic mass is 10.1. The van der Waals surface area contributed by atoms with Crippen molar-refractivity contribution in [2.45, 2.75) is 52.2 Å². The Hall–Kier alpha value is -2.91. The number of benzene rings is 1. The highest BCUT2D eigenvalue weighted by Gasteiger charge is 2.24. The van der Waals surface area contributed by atoms with E-state index in [1.54, 1.807) is 12.3 Å². The van der Waals surface area contributed by atoms with Crippen LogP contribution in [0.3, 0.4) is 0 Å². The molecule has 0 spiro atoms. The quantitative estimate of drug-likeness (QED) is 0.674. The van der Waals surface area contributed by atoms with Crippen LogP contribution in [0.25, 0.3) is 0 Å². The predicted octanol–water partition coefficient (Wildman–Crippen LogP) is 3.06. The number of amides is 2. The first kappa shape index (κ1) is 24.2. The second-order valence-corrected chi connectivity index (χ2v) is 9.14. The molecule has 9 heteroatoms. The summed E-state index contributed by atoms with van der Waals surface area (Å²) in [6.45, 7) is 10.3. The zero-order valence-electron chi connectivity index (χ0n) is 20.1. The Morgan fingerprint density at radius 2 is 1.68 bits per heavy atom. The molecule has 184 valence electrons. The molecule has 2 aliphatic rings. The number of carbonyl (C=O) groups excluding carboxylic acids is 1. The number of carbonyl (C=O) groups is 1. The first-order valence-electron chi connectivity index (χ1n) is 11.9. The number of morpholine rings is 2. The molecule has 34 heavy (non-hydrogen) atoms. The van der Waals surface area contributed by atoms with Gasteiger partial charge in [0.25, 0.3) is 0 Å². The minimum atomic E-state index is -0.314. The number of nitrogens with zero attached hydrogens (tertiary/aromatic N) is 3. The summed E-state index contributed by atoms with van der Waals surface area (Å²) < 4.78 is 26.0. The molecule has 2 aliphatic heterocycles. The van der Waals surface area contributed by atoms with Gasteiger partial charge in [-0.15, -0.1) is 0 Å². The van der Waals surface area contributed by atoms with Crippen molar-refractivity contribution in [3.05, 3.63) is 53.5 Å². The van der Waals surface area contributed by atoms with E-state index in [4.69, 9.17) is 9.47 Å². The molecule has 0 saturated carbocycles. The summed E-state index contributed by atoms with van der Waals surface area (Å²) in [4.78, 5) is 21.0. The van der Waals surface area contributed by atoms with E-state index in [1.807, 2.05) is 36.9 Å². The van der Waals surface area contributed by atoms with Crippen LogP contribution in [-0.2, 0) is 22.6 Å². The molecule has 2 N–H and O–H groups in total. The van der Waals surface area contributed by atoms with Gasteiger partial charge < -0.3 is 29.9 Å². The molecular formula is C25H34FN5O3. The standard InChI is InChI=1S/C25H34FN5O3/c1-17-14-30(8-9-33-17)24-7-5-21(12-27-24)13-29-25(32)28-11-20-4-6-23(22(26)10-20)31-15-18(2)34-19(3)16-31/h4-7,10,12,17-19H,8-9,11,13-16H2,1-3H3,(H2,28,29,32). The number of rotatable bonds is 6. The van der Waals surface area contributed by atoms with Crippen LogP contribution in [0.2, 0.25) is 0 Å². The van der Waals surface area contributed by atoms with Gasteiger partial charge in [0.15, 0.2) is 0 Å². The van der Waals surface area contributed by atoms with Crippen molar-refractivity contribution in [3.8, 4) is 0 Å². The maximum absolute atomic E-state index is 14.7. The van der Waals surface area contributed by atoms with Gasteiger partial charge in [-0.1, -0.05) is 12.1 Å². The molecule has 3 unspecified atom stereocenters. The van der Waals surface area contributed by atoms with Crippen molar-refractivity contribution in [1.82, 2.24) is 15.6 Å². The number of hydrogen-bond donors (Lipinski definition) is 2. The Bertz CT molecular complexity index is 964. The first-order chi connectivity index (χ1) is 16.4. The third-order valence-electron chi connectivity index (χ3n) is 6.05.